The van der Waals surface area contributed by atoms with Gasteiger partial charge in [-0.25, -0.2) is 9.67 Å². The zero-order valence-electron chi connectivity index (χ0n) is 14.6. The van der Waals surface area contributed by atoms with Gasteiger partial charge in [-0.15, -0.1) is 0 Å². The van der Waals surface area contributed by atoms with E-state index >= 15 is 0 Å². The van der Waals surface area contributed by atoms with Gasteiger partial charge in [0.25, 0.3) is 0 Å². The van der Waals surface area contributed by atoms with Gasteiger partial charge in [0.05, 0.1) is 22.8 Å². The molecule has 0 saturated carbocycles. The number of pyridine rings is 1. The number of aryl methyl sites for hydroxylation is 1. The van der Waals surface area contributed by atoms with Crippen LogP contribution in [0.2, 0.25) is 0 Å². The molecule has 0 atom stereocenters. The number of benzene rings is 1. The van der Waals surface area contributed by atoms with E-state index in [0.717, 1.165) is 11.6 Å². The van der Waals surface area contributed by atoms with Crippen LogP contribution in [0.4, 0.5) is 13.2 Å². The monoisotopic (exact) mass is 347 g/mol. The van der Waals surface area contributed by atoms with Gasteiger partial charge in [-0.1, -0.05) is 45.0 Å². The van der Waals surface area contributed by atoms with Crippen LogP contribution in [0, 0.1) is 0 Å². The zero-order chi connectivity index (χ0) is 18.4. The third-order valence-electron chi connectivity index (χ3n) is 4.26. The second kappa shape index (κ2) is 5.86. The van der Waals surface area contributed by atoms with Crippen molar-refractivity contribution >= 4 is 11.0 Å². The number of aromatic nitrogens is 3. The van der Waals surface area contributed by atoms with Crippen LogP contribution in [0.15, 0.2) is 36.5 Å². The summed E-state index contributed by atoms with van der Waals surface area (Å²) in [7, 11) is 0. The molecule has 2 aromatic heterocycles. The van der Waals surface area contributed by atoms with Gasteiger partial charge < -0.3 is 0 Å². The first kappa shape index (κ1) is 17.5. The van der Waals surface area contributed by atoms with Gasteiger partial charge in [-0.3, -0.25) is 0 Å². The molecule has 6 heteroatoms. The maximum atomic E-state index is 13.5. The summed E-state index contributed by atoms with van der Waals surface area (Å²) in [5.41, 5.74) is 1.61. The van der Waals surface area contributed by atoms with Crippen molar-refractivity contribution in [3.63, 3.8) is 0 Å². The molecule has 3 nitrogen and oxygen atoms in total. The number of hydrogen-bond donors (Lipinski definition) is 0. The van der Waals surface area contributed by atoms with E-state index in [1.54, 1.807) is 0 Å². The van der Waals surface area contributed by atoms with Crippen LogP contribution in [-0.4, -0.2) is 14.8 Å². The molecule has 0 aliphatic heterocycles. The normalized spacial score (nSPS) is 12.8. The third kappa shape index (κ3) is 3.25. The Balaban J connectivity index is 2.19. The second-order valence-corrected chi connectivity index (χ2v) is 7.08. The van der Waals surface area contributed by atoms with E-state index in [0.29, 0.717) is 17.8 Å². The predicted molar refractivity (Wildman–Crippen MR) is 92.3 cm³/mol. The largest absolute Gasteiger partial charge is 0.417 e. The molecule has 0 aliphatic rings. The topological polar surface area (TPSA) is 30.7 Å². The lowest BCUT2D eigenvalue weighted by Gasteiger charge is -2.19. The van der Waals surface area contributed by atoms with Crippen LogP contribution < -0.4 is 0 Å². The van der Waals surface area contributed by atoms with E-state index in [4.69, 9.17) is 0 Å². The first-order valence-electron chi connectivity index (χ1n) is 8.16. The number of fused-ring (bicyclic) bond motifs is 1. The molecular formula is C19H20F3N3. The Morgan fingerprint density at radius 2 is 1.68 bits per heavy atom. The zero-order valence-corrected chi connectivity index (χ0v) is 14.6. The Morgan fingerprint density at radius 3 is 2.20 bits per heavy atom. The van der Waals surface area contributed by atoms with Crippen LogP contribution in [0.5, 0.6) is 0 Å². The minimum Gasteiger partial charge on any atom is -0.248 e. The Morgan fingerprint density at radius 1 is 1.04 bits per heavy atom. The van der Waals surface area contributed by atoms with Gasteiger partial charge in [0.1, 0.15) is 0 Å². The highest BCUT2D eigenvalue weighted by molar-refractivity contribution is 5.83. The van der Waals surface area contributed by atoms with Gasteiger partial charge in [-0.05, 0) is 24.0 Å². The molecule has 0 N–H and O–H groups in total. The molecule has 0 unspecified atom stereocenters. The Hall–Kier alpha value is -2.37. The van der Waals surface area contributed by atoms with Crippen molar-refractivity contribution in [3.05, 3.63) is 47.7 Å². The minimum absolute atomic E-state index is 0.0200. The maximum absolute atomic E-state index is 13.5. The Bertz CT molecular complexity index is 901. The highest BCUT2D eigenvalue weighted by Gasteiger charge is 2.34. The smallest absolute Gasteiger partial charge is 0.248 e. The van der Waals surface area contributed by atoms with E-state index in [2.05, 4.69) is 30.9 Å². The van der Waals surface area contributed by atoms with Crippen LogP contribution in [0.25, 0.3) is 22.3 Å². The van der Waals surface area contributed by atoms with Crippen molar-refractivity contribution < 1.29 is 13.2 Å². The third-order valence-corrected chi connectivity index (χ3v) is 4.26. The second-order valence-electron chi connectivity index (χ2n) is 7.08. The predicted octanol–water partition coefficient (Wildman–Crippen LogP) is 5.43. The van der Waals surface area contributed by atoms with Gasteiger partial charge in [-0.2, -0.15) is 18.3 Å². The van der Waals surface area contributed by atoms with Crippen LogP contribution >= 0.6 is 0 Å². The standard InChI is InChI=1S/C19H20F3N3/c1-5-25-17-14(11-23-25)15(19(20,21)22)10-16(24-17)12-6-8-13(9-7-12)18(2,3)4/h6-11H,5H2,1-4H3. The number of halogens is 3. The molecule has 25 heavy (non-hydrogen) atoms. The van der Waals surface area contributed by atoms with Crippen molar-refractivity contribution in [2.75, 3.05) is 0 Å². The molecular weight excluding hydrogens is 327 g/mol. The molecule has 0 saturated heterocycles. The number of rotatable bonds is 2. The number of hydrogen-bond acceptors (Lipinski definition) is 2. The van der Waals surface area contributed by atoms with Gasteiger partial charge in [0.2, 0.25) is 0 Å². The SMILES string of the molecule is CCn1ncc2c(C(F)(F)F)cc(-c3ccc(C(C)(C)C)cc3)nc21. The summed E-state index contributed by atoms with van der Waals surface area (Å²) in [5, 5.41) is 4.06. The molecule has 0 amide bonds. The summed E-state index contributed by atoms with van der Waals surface area (Å²) < 4.78 is 41.9. The summed E-state index contributed by atoms with van der Waals surface area (Å²) in [4.78, 5) is 4.44. The summed E-state index contributed by atoms with van der Waals surface area (Å²) in [5.74, 6) is 0. The molecule has 0 fully saturated rings. The quantitative estimate of drug-likeness (QED) is 0.618. The number of alkyl halides is 3. The van der Waals surface area contributed by atoms with Crippen molar-refractivity contribution in [2.45, 2.75) is 45.8 Å². The van der Waals surface area contributed by atoms with Crippen molar-refractivity contribution in [3.8, 4) is 11.3 Å². The first-order valence-corrected chi connectivity index (χ1v) is 8.16. The molecule has 0 bridgehead atoms. The lowest BCUT2D eigenvalue weighted by Crippen LogP contribution is -2.10. The fourth-order valence-corrected chi connectivity index (χ4v) is 2.80. The van der Waals surface area contributed by atoms with E-state index in [9.17, 15) is 13.2 Å². The molecule has 1 aromatic carbocycles. The molecule has 0 aliphatic carbocycles. The lowest BCUT2D eigenvalue weighted by molar-refractivity contribution is -0.136. The average molecular weight is 347 g/mol. The summed E-state index contributed by atoms with van der Waals surface area (Å²) in [6, 6.07) is 8.62. The summed E-state index contributed by atoms with van der Waals surface area (Å²) in [6.45, 7) is 8.56. The van der Waals surface area contributed by atoms with E-state index in [1.807, 2.05) is 31.2 Å². The fourth-order valence-electron chi connectivity index (χ4n) is 2.80. The van der Waals surface area contributed by atoms with E-state index in [-0.39, 0.29) is 16.4 Å². The van der Waals surface area contributed by atoms with E-state index in [1.165, 1.54) is 10.9 Å². The summed E-state index contributed by atoms with van der Waals surface area (Å²) >= 11 is 0. The molecule has 0 spiro atoms. The molecule has 2 heterocycles. The molecule has 132 valence electrons. The van der Waals surface area contributed by atoms with E-state index < -0.39 is 11.7 Å². The highest BCUT2D eigenvalue weighted by Crippen LogP contribution is 2.37. The van der Waals surface area contributed by atoms with Gasteiger partial charge >= 0.3 is 6.18 Å². The van der Waals surface area contributed by atoms with Crippen molar-refractivity contribution in [1.82, 2.24) is 14.8 Å². The lowest BCUT2D eigenvalue weighted by atomic mass is 9.86. The maximum Gasteiger partial charge on any atom is 0.417 e. The van der Waals surface area contributed by atoms with Crippen molar-refractivity contribution in [1.29, 1.82) is 0 Å². The number of nitrogens with zero attached hydrogens (tertiary/aromatic N) is 3. The Kier molecular flexibility index (Phi) is 4.09. The van der Waals surface area contributed by atoms with Gasteiger partial charge in [0, 0.05) is 12.1 Å². The Labute approximate surface area is 144 Å². The van der Waals surface area contributed by atoms with Crippen LogP contribution in [0.3, 0.4) is 0 Å². The van der Waals surface area contributed by atoms with Crippen LogP contribution in [-0.2, 0) is 18.1 Å². The van der Waals surface area contributed by atoms with Crippen LogP contribution in [0.1, 0.15) is 38.8 Å². The van der Waals surface area contributed by atoms with Crippen molar-refractivity contribution in [2.24, 2.45) is 0 Å². The first-order chi connectivity index (χ1) is 11.6. The van der Waals surface area contributed by atoms with Gasteiger partial charge in [0.15, 0.2) is 5.65 Å². The molecule has 3 aromatic rings. The summed E-state index contributed by atoms with van der Waals surface area (Å²) in [6.07, 6.45) is -3.22. The fraction of sp³-hybridized carbons (Fsp3) is 0.368. The average Bonchev–Trinajstić information content (AvgIpc) is 2.95. The molecule has 3 rings (SSSR count). The highest BCUT2D eigenvalue weighted by atomic mass is 19.4. The molecule has 0 radical (unpaired) electrons. The minimum atomic E-state index is -4.46.